The third-order valence-electron chi connectivity index (χ3n) is 4.61. The number of hydrogen-bond donors (Lipinski definition) is 1. The fourth-order valence-corrected chi connectivity index (χ4v) is 6.49. The van der Waals surface area contributed by atoms with Gasteiger partial charge in [0, 0.05) is 26.2 Å². The van der Waals surface area contributed by atoms with E-state index in [9.17, 15) is 25.3 Å². The molecule has 0 bridgehead atoms. The lowest BCUT2D eigenvalue weighted by atomic mass is 10.2. The number of piperazine rings is 1. The number of nitrogens with zero attached hydrogens (tertiary/aromatic N) is 2. The molecular weight excluding hydrogens is 438 g/mol. The molecule has 0 amide bonds. The SMILES string of the molecule is Cc1cccc(S(=O)(=O)N2CCN(S(=O)(=O)c3ccc(S(N)(=O)=O)cc3)CC2)c1. The van der Waals surface area contributed by atoms with Crippen molar-refractivity contribution in [2.75, 3.05) is 26.2 Å². The lowest BCUT2D eigenvalue weighted by molar-refractivity contribution is 0.273. The van der Waals surface area contributed by atoms with Crippen LogP contribution < -0.4 is 5.14 Å². The molecule has 2 N–H and O–H groups in total. The molecule has 2 aromatic rings. The van der Waals surface area contributed by atoms with Gasteiger partial charge >= 0.3 is 0 Å². The van der Waals surface area contributed by atoms with Gasteiger partial charge in [-0.15, -0.1) is 0 Å². The van der Waals surface area contributed by atoms with Gasteiger partial charge in [-0.25, -0.2) is 30.4 Å². The largest absolute Gasteiger partial charge is 0.243 e. The van der Waals surface area contributed by atoms with Crippen molar-refractivity contribution < 1.29 is 25.3 Å². The Kier molecular flexibility index (Phi) is 5.87. The van der Waals surface area contributed by atoms with Crippen LogP contribution in [0.25, 0.3) is 0 Å². The van der Waals surface area contributed by atoms with Crippen molar-refractivity contribution in [3.63, 3.8) is 0 Å². The predicted molar refractivity (Wildman–Crippen MR) is 107 cm³/mol. The Balaban J connectivity index is 1.76. The normalized spacial score (nSPS) is 17.3. The van der Waals surface area contributed by atoms with Gasteiger partial charge in [-0.2, -0.15) is 8.61 Å². The third kappa shape index (κ3) is 4.52. The van der Waals surface area contributed by atoms with Crippen molar-refractivity contribution >= 4 is 30.1 Å². The first kappa shape index (κ1) is 21.9. The van der Waals surface area contributed by atoms with Crippen LogP contribution in [0.2, 0.25) is 0 Å². The van der Waals surface area contributed by atoms with Gasteiger partial charge < -0.3 is 0 Å². The van der Waals surface area contributed by atoms with Crippen molar-refractivity contribution in [3.05, 3.63) is 54.1 Å². The lowest BCUT2D eigenvalue weighted by Gasteiger charge is -2.33. The summed E-state index contributed by atoms with van der Waals surface area (Å²) in [6.45, 7) is 1.81. The van der Waals surface area contributed by atoms with Gasteiger partial charge in [0.2, 0.25) is 30.1 Å². The number of benzene rings is 2. The van der Waals surface area contributed by atoms with Crippen LogP contribution in [0.4, 0.5) is 0 Å². The molecular formula is C17H21N3O6S3. The zero-order valence-corrected chi connectivity index (χ0v) is 18.0. The average Bonchev–Trinajstić information content (AvgIpc) is 2.67. The molecule has 158 valence electrons. The Bertz CT molecular complexity index is 1220. The molecule has 9 nitrogen and oxygen atoms in total. The average molecular weight is 460 g/mol. The molecule has 29 heavy (non-hydrogen) atoms. The van der Waals surface area contributed by atoms with E-state index in [4.69, 9.17) is 5.14 Å². The molecule has 1 heterocycles. The summed E-state index contributed by atoms with van der Waals surface area (Å²) >= 11 is 0. The second kappa shape index (κ2) is 7.78. The molecule has 12 heteroatoms. The smallest absolute Gasteiger partial charge is 0.225 e. The maximum Gasteiger partial charge on any atom is 0.243 e. The van der Waals surface area contributed by atoms with Gasteiger partial charge in [0.1, 0.15) is 0 Å². The Morgan fingerprint density at radius 3 is 1.59 bits per heavy atom. The molecule has 3 rings (SSSR count). The van der Waals surface area contributed by atoms with E-state index in [0.29, 0.717) is 0 Å². The quantitative estimate of drug-likeness (QED) is 0.685. The highest BCUT2D eigenvalue weighted by molar-refractivity contribution is 7.90. The summed E-state index contributed by atoms with van der Waals surface area (Å²) in [5, 5.41) is 5.02. The number of primary sulfonamides is 1. The van der Waals surface area contributed by atoms with Crippen LogP contribution in [0.1, 0.15) is 5.56 Å². The van der Waals surface area contributed by atoms with Crippen LogP contribution in [0, 0.1) is 6.92 Å². The summed E-state index contributed by atoms with van der Waals surface area (Å²) in [4.78, 5) is -0.0993. The Hall–Kier alpha value is -1.83. The van der Waals surface area contributed by atoms with E-state index in [2.05, 4.69) is 0 Å². The maximum absolute atomic E-state index is 12.8. The second-order valence-electron chi connectivity index (χ2n) is 6.64. The van der Waals surface area contributed by atoms with Gasteiger partial charge in [-0.05, 0) is 48.9 Å². The molecule has 0 atom stereocenters. The van der Waals surface area contributed by atoms with Crippen molar-refractivity contribution in [2.24, 2.45) is 5.14 Å². The fraction of sp³-hybridized carbons (Fsp3) is 0.294. The topological polar surface area (TPSA) is 135 Å². The monoisotopic (exact) mass is 459 g/mol. The summed E-state index contributed by atoms with van der Waals surface area (Å²) in [5.74, 6) is 0. The van der Waals surface area contributed by atoms with E-state index in [1.165, 1.54) is 26.8 Å². The minimum Gasteiger partial charge on any atom is -0.225 e. The van der Waals surface area contributed by atoms with Gasteiger partial charge in [0.25, 0.3) is 0 Å². The van der Waals surface area contributed by atoms with E-state index in [1.54, 1.807) is 25.1 Å². The molecule has 0 unspecified atom stereocenters. The van der Waals surface area contributed by atoms with Crippen LogP contribution in [0.15, 0.2) is 63.2 Å². The Morgan fingerprint density at radius 2 is 1.14 bits per heavy atom. The highest BCUT2D eigenvalue weighted by Gasteiger charge is 2.33. The lowest BCUT2D eigenvalue weighted by Crippen LogP contribution is -2.50. The van der Waals surface area contributed by atoms with Gasteiger partial charge in [-0.3, -0.25) is 0 Å². The Morgan fingerprint density at radius 1 is 0.690 bits per heavy atom. The highest BCUT2D eigenvalue weighted by atomic mass is 32.2. The molecule has 0 spiro atoms. The number of hydrogen-bond acceptors (Lipinski definition) is 6. The van der Waals surface area contributed by atoms with Crippen molar-refractivity contribution in [3.8, 4) is 0 Å². The van der Waals surface area contributed by atoms with Crippen molar-refractivity contribution in [1.29, 1.82) is 0 Å². The minimum absolute atomic E-state index is 0.00961. The predicted octanol–water partition coefficient (Wildman–Crippen LogP) is 0.338. The first-order valence-corrected chi connectivity index (χ1v) is 13.0. The minimum atomic E-state index is -3.92. The zero-order chi connectivity index (χ0) is 21.4. The van der Waals surface area contributed by atoms with Gasteiger partial charge in [-0.1, -0.05) is 12.1 Å². The van der Waals surface area contributed by atoms with E-state index in [0.717, 1.165) is 17.7 Å². The Labute approximate surface area is 170 Å². The summed E-state index contributed by atoms with van der Waals surface area (Å²) in [6, 6.07) is 11.1. The molecule has 0 saturated carbocycles. The maximum atomic E-state index is 12.8. The zero-order valence-electron chi connectivity index (χ0n) is 15.6. The van der Waals surface area contributed by atoms with E-state index >= 15 is 0 Å². The van der Waals surface area contributed by atoms with Gasteiger partial charge in [0.05, 0.1) is 14.7 Å². The fourth-order valence-electron chi connectivity index (χ4n) is 3.03. The van der Waals surface area contributed by atoms with Crippen LogP contribution in [0.3, 0.4) is 0 Å². The summed E-state index contributed by atoms with van der Waals surface area (Å²) in [7, 11) is -11.5. The molecule has 0 aliphatic carbocycles. The molecule has 0 aromatic heterocycles. The van der Waals surface area contributed by atoms with Crippen LogP contribution >= 0.6 is 0 Å². The van der Waals surface area contributed by atoms with E-state index in [-0.39, 0.29) is 40.9 Å². The van der Waals surface area contributed by atoms with Crippen LogP contribution in [0.5, 0.6) is 0 Å². The molecule has 1 aliphatic rings. The second-order valence-corrected chi connectivity index (χ2v) is 12.1. The molecule has 2 aromatic carbocycles. The summed E-state index contributed by atoms with van der Waals surface area (Å²) < 4.78 is 76.2. The van der Waals surface area contributed by atoms with Crippen LogP contribution in [-0.2, 0) is 30.1 Å². The molecule has 1 fully saturated rings. The number of nitrogens with two attached hydrogens (primary N) is 1. The standard InChI is InChI=1S/C17H21N3O6S3/c1-14-3-2-4-17(13-14)29(25,26)20-11-9-19(10-12-20)28(23,24)16-7-5-15(6-8-16)27(18,21)22/h2-8,13H,9-12H2,1H3,(H2,18,21,22). The molecule has 1 aliphatic heterocycles. The summed E-state index contributed by atoms with van der Waals surface area (Å²) in [5.41, 5.74) is 0.815. The highest BCUT2D eigenvalue weighted by Crippen LogP contribution is 2.23. The number of aryl methyl sites for hydroxylation is 1. The number of sulfonamides is 3. The van der Waals surface area contributed by atoms with Gasteiger partial charge in [0.15, 0.2) is 0 Å². The third-order valence-corrected chi connectivity index (χ3v) is 9.35. The van der Waals surface area contributed by atoms with Crippen molar-refractivity contribution in [1.82, 2.24) is 8.61 Å². The molecule has 0 radical (unpaired) electrons. The van der Waals surface area contributed by atoms with E-state index < -0.39 is 30.1 Å². The first-order chi connectivity index (χ1) is 13.4. The van der Waals surface area contributed by atoms with E-state index in [1.807, 2.05) is 0 Å². The van der Waals surface area contributed by atoms with Crippen molar-refractivity contribution in [2.45, 2.75) is 21.6 Å². The number of rotatable bonds is 5. The first-order valence-electron chi connectivity index (χ1n) is 8.62. The molecule has 1 saturated heterocycles. The van der Waals surface area contributed by atoms with Crippen LogP contribution in [-0.4, -0.2) is 60.0 Å². The summed E-state index contributed by atoms with van der Waals surface area (Å²) in [6.07, 6.45) is 0.